The zero-order valence-corrected chi connectivity index (χ0v) is 16.3. The highest BCUT2D eigenvalue weighted by atomic mass is 16.6. The Balaban J connectivity index is 1.61. The van der Waals surface area contributed by atoms with E-state index < -0.39 is 22.4 Å². The van der Waals surface area contributed by atoms with Crippen LogP contribution >= 0.6 is 0 Å². The second-order valence-corrected chi connectivity index (χ2v) is 7.26. The fourth-order valence-electron chi connectivity index (χ4n) is 3.41. The van der Waals surface area contributed by atoms with Gasteiger partial charge >= 0.3 is 5.97 Å². The number of rotatable bonds is 4. The van der Waals surface area contributed by atoms with Crippen LogP contribution in [0.1, 0.15) is 28.5 Å². The van der Waals surface area contributed by atoms with E-state index in [1.165, 1.54) is 16.8 Å². The Morgan fingerprint density at radius 3 is 2.63 bits per heavy atom. The van der Waals surface area contributed by atoms with Crippen LogP contribution in [0.15, 0.2) is 54.6 Å². The molecule has 3 aromatic rings. The Kier molecular flexibility index (Phi) is 4.57. The second-order valence-electron chi connectivity index (χ2n) is 7.26. The zero-order chi connectivity index (χ0) is 21.5. The molecule has 1 amide bonds. The number of carbonyl (C=O) groups excluding carboxylic acids is 2. The predicted octanol–water partition coefficient (Wildman–Crippen LogP) is 3.20. The van der Waals surface area contributed by atoms with Crippen LogP contribution in [0.3, 0.4) is 0 Å². The van der Waals surface area contributed by atoms with E-state index in [0.717, 1.165) is 5.56 Å². The topological polar surface area (TPSA) is 116 Å². The van der Waals surface area contributed by atoms with E-state index in [1.54, 1.807) is 50.2 Å². The van der Waals surface area contributed by atoms with Crippen molar-refractivity contribution in [1.29, 1.82) is 0 Å². The summed E-state index contributed by atoms with van der Waals surface area (Å²) in [6.45, 7) is 3.33. The minimum atomic E-state index is -1.39. The number of cyclic esters (lactones) is 1. The molecule has 1 unspecified atom stereocenters. The lowest BCUT2D eigenvalue weighted by atomic mass is 9.89. The average Bonchev–Trinajstić information content (AvgIpc) is 3.08. The molecule has 1 N–H and O–H groups in total. The molecule has 2 heterocycles. The summed E-state index contributed by atoms with van der Waals surface area (Å²) in [5.74, 6) is -0.676. The van der Waals surface area contributed by atoms with Gasteiger partial charge in [0.1, 0.15) is 5.82 Å². The lowest BCUT2D eigenvalue weighted by molar-refractivity contribution is -0.384. The second kappa shape index (κ2) is 7.11. The van der Waals surface area contributed by atoms with E-state index in [2.05, 4.69) is 10.4 Å². The third kappa shape index (κ3) is 3.41. The molecular formula is C21H18N4O5. The van der Waals surface area contributed by atoms with Gasteiger partial charge in [-0.2, -0.15) is 5.10 Å². The number of non-ortho nitro benzene ring substituents is 1. The summed E-state index contributed by atoms with van der Waals surface area (Å²) in [7, 11) is 0. The number of esters is 1. The average molecular weight is 406 g/mol. The van der Waals surface area contributed by atoms with Crippen LogP contribution in [-0.4, -0.2) is 32.2 Å². The number of hydrogen-bond acceptors (Lipinski definition) is 6. The number of anilines is 1. The van der Waals surface area contributed by atoms with Crippen LogP contribution in [0.2, 0.25) is 0 Å². The minimum Gasteiger partial charge on any atom is -0.445 e. The monoisotopic (exact) mass is 406 g/mol. The van der Waals surface area contributed by atoms with Crippen LogP contribution in [0.5, 0.6) is 0 Å². The molecule has 0 saturated heterocycles. The van der Waals surface area contributed by atoms with Gasteiger partial charge in [0, 0.05) is 24.6 Å². The van der Waals surface area contributed by atoms with Crippen LogP contribution in [0, 0.1) is 17.0 Å². The van der Waals surface area contributed by atoms with Gasteiger partial charge in [0.2, 0.25) is 0 Å². The molecule has 1 atom stereocenters. The summed E-state index contributed by atoms with van der Waals surface area (Å²) in [6, 6.07) is 14.5. The van der Waals surface area contributed by atoms with Crippen molar-refractivity contribution in [3.8, 4) is 5.69 Å². The van der Waals surface area contributed by atoms with Crippen molar-refractivity contribution in [2.24, 2.45) is 0 Å². The zero-order valence-electron chi connectivity index (χ0n) is 16.3. The number of aryl methyl sites for hydroxylation is 1. The number of aromatic nitrogens is 2. The minimum absolute atomic E-state index is 0.0477. The largest absolute Gasteiger partial charge is 0.445 e. The first kappa shape index (κ1) is 19.3. The number of ether oxygens (including phenoxy) is 1. The highest BCUT2D eigenvalue weighted by Crippen LogP contribution is 2.30. The lowest BCUT2D eigenvalue weighted by Gasteiger charge is -2.33. The summed E-state index contributed by atoms with van der Waals surface area (Å²) in [6.07, 6.45) is 0.241. The summed E-state index contributed by atoms with van der Waals surface area (Å²) >= 11 is 0. The van der Waals surface area contributed by atoms with Gasteiger partial charge in [0.05, 0.1) is 21.9 Å². The first-order valence-corrected chi connectivity index (χ1v) is 9.21. The standard InChI is InChI=1S/C21H18N4O5/c1-13-11-18(24(23-13)15-7-9-16(10-8-15)25(28)29)22-20(27)21(2)12-14-5-3-4-6-17(14)19(26)30-21/h3-11H,12H2,1-2H3,(H,22,27). The number of hydrogen-bond donors (Lipinski definition) is 1. The third-order valence-electron chi connectivity index (χ3n) is 4.94. The Labute approximate surface area is 171 Å². The van der Waals surface area contributed by atoms with Crippen molar-refractivity contribution in [3.63, 3.8) is 0 Å². The Hall–Kier alpha value is -4.01. The predicted molar refractivity (Wildman–Crippen MR) is 108 cm³/mol. The van der Waals surface area contributed by atoms with Gasteiger partial charge in [-0.15, -0.1) is 0 Å². The van der Waals surface area contributed by atoms with E-state index in [4.69, 9.17) is 4.74 Å². The van der Waals surface area contributed by atoms with Crippen molar-refractivity contribution in [3.05, 3.63) is 81.5 Å². The van der Waals surface area contributed by atoms with E-state index >= 15 is 0 Å². The van der Waals surface area contributed by atoms with Gasteiger partial charge in [-0.1, -0.05) is 18.2 Å². The van der Waals surface area contributed by atoms with E-state index in [0.29, 0.717) is 22.8 Å². The van der Waals surface area contributed by atoms with Gasteiger partial charge < -0.3 is 10.1 Å². The number of nitrogens with zero attached hydrogens (tertiary/aromatic N) is 3. The Morgan fingerprint density at radius 2 is 1.93 bits per heavy atom. The number of amides is 1. The summed E-state index contributed by atoms with van der Waals surface area (Å²) in [4.78, 5) is 35.8. The molecule has 1 aliphatic rings. The molecule has 0 aliphatic carbocycles. The lowest BCUT2D eigenvalue weighted by Crippen LogP contribution is -2.49. The highest BCUT2D eigenvalue weighted by Gasteiger charge is 2.43. The molecule has 152 valence electrons. The fraction of sp³-hybridized carbons (Fsp3) is 0.190. The molecule has 1 aliphatic heterocycles. The summed E-state index contributed by atoms with van der Waals surface area (Å²) in [5, 5.41) is 18.0. The molecule has 4 rings (SSSR count). The van der Waals surface area contributed by atoms with Gasteiger partial charge in [-0.05, 0) is 37.6 Å². The van der Waals surface area contributed by atoms with Crippen LogP contribution in [0.25, 0.3) is 5.69 Å². The highest BCUT2D eigenvalue weighted by molar-refractivity contribution is 6.02. The van der Waals surface area contributed by atoms with Gasteiger partial charge in [-0.3, -0.25) is 14.9 Å². The van der Waals surface area contributed by atoms with Crippen molar-refractivity contribution in [2.45, 2.75) is 25.9 Å². The van der Waals surface area contributed by atoms with Crippen LogP contribution < -0.4 is 5.32 Å². The van der Waals surface area contributed by atoms with E-state index in [1.807, 2.05) is 6.07 Å². The molecule has 0 fully saturated rings. The van der Waals surface area contributed by atoms with Crippen LogP contribution in [0.4, 0.5) is 11.5 Å². The van der Waals surface area contributed by atoms with Gasteiger partial charge in [-0.25, -0.2) is 9.48 Å². The maximum Gasteiger partial charge on any atom is 0.339 e. The smallest absolute Gasteiger partial charge is 0.339 e. The molecule has 0 radical (unpaired) electrons. The number of carbonyl (C=O) groups is 2. The Morgan fingerprint density at radius 1 is 1.23 bits per heavy atom. The van der Waals surface area contributed by atoms with E-state index in [9.17, 15) is 19.7 Å². The first-order chi connectivity index (χ1) is 14.3. The molecule has 9 heteroatoms. The normalized spacial score (nSPS) is 17.7. The molecule has 0 saturated carbocycles. The summed E-state index contributed by atoms with van der Waals surface area (Å²) < 4.78 is 6.94. The Bertz CT molecular complexity index is 1170. The quantitative estimate of drug-likeness (QED) is 0.404. The number of nitro groups is 1. The molecule has 0 spiro atoms. The maximum absolute atomic E-state index is 13.1. The fourth-order valence-corrected chi connectivity index (χ4v) is 3.41. The SMILES string of the molecule is Cc1cc(NC(=O)C2(C)Cc3ccccc3C(=O)O2)n(-c2ccc([N+](=O)[O-])cc2)n1. The maximum atomic E-state index is 13.1. The molecule has 0 bridgehead atoms. The van der Waals surface area contributed by atoms with Crippen molar-refractivity contribution < 1.29 is 19.2 Å². The first-order valence-electron chi connectivity index (χ1n) is 9.21. The number of nitro benzene ring substituents is 1. The van der Waals surface area contributed by atoms with Crippen molar-refractivity contribution >= 4 is 23.4 Å². The number of nitrogens with one attached hydrogen (secondary N) is 1. The number of fused-ring (bicyclic) bond motifs is 1. The van der Waals surface area contributed by atoms with Crippen molar-refractivity contribution in [2.75, 3.05) is 5.32 Å². The molecular weight excluding hydrogens is 388 g/mol. The molecule has 1 aromatic heterocycles. The summed E-state index contributed by atoms with van der Waals surface area (Å²) in [5.41, 5.74) is 0.943. The van der Waals surface area contributed by atoms with Gasteiger partial charge in [0.15, 0.2) is 5.60 Å². The molecule has 30 heavy (non-hydrogen) atoms. The third-order valence-corrected chi connectivity index (χ3v) is 4.94. The number of benzene rings is 2. The van der Waals surface area contributed by atoms with Gasteiger partial charge in [0.25, 0.3) is 11.6 Å². The van der Waals surface area contributed by atoms with Crippen molar-refractivity contribution in [1.82, 2.24) is 9.78 Å². The molecule has 9 nitrogen and oxygen atoms in total. The van der Waals surface area contributed by atoms with E-state index in [-0.39, 0.29) is 12.1 Å². The van der Waals surface area contributed by atoms with Crippen LogP contribution in [-0.2, 0) is 16.0 Å². The molecule has 2 aromatic carbocycles.